The van der Waals surface area contributed by atoms with Crippen LogP contribution in [0.1, 0.15) is 25.7 Å². The van der Waals surface area contributed by atoms with E-state index in [4.69, 9.17) is 43.0 Å². The lowest BCUT2D eigenvalue weighted by Crippen LogP contribution is -2.16. The fraction of sp³-hybridized carbons (Fsp3) is 0.870. The Balaban J connectivity index is 3.12. The molecule has 0 saturated heterocycles. The minimum Gasteiger partial charge on any atom is -0.481 e. The Bertz CT molecular complexity index is 530. The second kappa shape index (κ2) is 27.7. The van der Waals surface area contributed by atoms with Crippen molar-refractivity contribution in [2.45, 2.75) is 25.7 Å². The number of rotatable bonds is 28. The summed E-state index contributed by atoms with van der Waals surface area (Å²) in [5, 5.41) is 8.51. The van der Waals surface area contributed by atoms with Crippen molar-refractivity contribution in [3.05, 3.63) is 0 Å². The number of carbonyl (C=O) groups is 3. The highest BCUT2D eigenvalue weighted by atomic mass is 16.6. The maximum atomic E-state index is 11.4. The average Bonchev–Trinajstić information content (AvgIpc) is 2.86. The van der Waals surface area contributed by atoms with Gasteiger partial charge < -0.3 is 47.7 Å². The Hall–Kier alpha value is -1.87. The normalized spacial score (nSPS) is 10.9. The van der Waals surface area contributed by atoms with Gasteiger partial charge in [0.2, 0.25) is 0 Å². The smallest absolute Gasteiger partial charge is 0.331 e. The van der Waals surface area contributed by atoms with Crippen LogP contribution in [0.4, 0.5) is 0 Å². The predicted molar refractivity (Wildman–Crippen MR) is 125 cm³/mol. The van der Waals surface area contributed by atoms with Crippen LogP contribution < -0.4 is 0 Å². The predicted octanol–water partition coefficient (Wildman–Crippen LogP) is 0.464. The van der Waals surface area contributed by atoms with Crippen molar-refractivity contribution >= 4 is 17.9 Å². The van der Waals surface area contributed by atoms with Crippen LogP contribution in [-0.4, -0.2) is 129 Å². The van der Waals surface area contributed by atoms with Crippen LogP contribution in [0.15, 0.2) is 0 Å². The van der Waals surface area contributed by atoms with Crippen molar-refractivity contribution in [2.24, 2.45) is 0 Å². The lowest BCUT2D eigenvalue weighted by Gasteiger charge is -2.08. The van der Waals surface area contributed by atoms with Gasteiger partial charge in [-0.15, -0.1) is 0 Å². The summed E-state index contributed by atoms with van der Waals surface area (Å²) in [6.45, 7) is 5.42. The van der Waals surface area contributed by atoms with Gasteiger partial charge in [-0.3, -0.25) is 9.59 Å². The zero-order valence-corrected chi connectivity index (χ0v) is 21.3. The molecule has 0 radical (unpaired) electrons. The zero-order chi connectivity index (χ0) is 26.5. The second-order valence-electron chi connectivity index (χ2n) is 7.12. The van der Waals surface area contributed by atoms with Crippen LogP contribution in [0.3, 0.4) is 0 Å². The largest absolute Gasteiger partial charge is 0.481 e. The van der Waals surface area contributed by atoms with Gasteiger partial charge in [0.15, 0.2) is 0 Å². The summed E-state index contributed by atoms with van der Waals surface area (Å²) in [7, 11) is 1.30. The third-order valence-electron chi connectivity index (χ3n) is 4.19. The van der Waals surface area contributed by atoms with Crippen LogP contribution in [0.2, 0.25) is 0 Å². The van der Waals surface area contributed by atoms with E-state index in [9.17, 15) is 14.4 Å². The Morgan fingerprint density at radius 1 is 0.500 bits per heavy atom. The summed E-state index contributed by atoms with van der Waals surface area (Å²) in [6, 6.07) is 0. The fourth-order valence-electron chi connectivity index (χ4n) is 2.37. The molecule has 0 unspecified atom stereocenters. The molecular formula is C23H42O13. The Kier molecular flexibility index (Phi) is 26.3. The summed E-state index contributed by atoms with van der Waals surface area (Å²) < 4.78 is 46.6. The van der Waals surface area contributed by atoms with E-state index in [-0.39, 0.29) is 38.6 Å². The molecule has 212 valence electrons. The minimum absolute atomic E-state index is 0.0588. The van der Waals surface area contributed by atoms with Crippen molar-refractivity contribution < 1.29 is 62.1 Å². The molecule has 0 aromatic rings. The fourth-order valence-corrected chi connectivity index (χ4v) is 2.37. The summed E-state index contributed by atoms with van der Waals surface area (Å²) in [4.78, 5) is 32.6. The van der Waals surface area contributed by atoms with Crippen molar-refractivity contribution in [1.29, 1.82) is 0 Å². The van der Waals surface area contributed by atoms with E-state index in [1.807, 2.05) is 0 Å². The Labute approximate surface area is 212 Å². The van der Waals surface area contributed by atoms with Gasteiger partial charge in [0, 0.05) is 12.8 Å². The van der Waals surface area contributed by atoms with Gasteiger partial charge in [-0.1, -0.05) is 0 Å². The number of ether oxygens (including phenoxy) is 9. The van der Waals surface area contributed by atoms with Gasteiger partial charge in [-0.25, -0.2) is 4.79 Å². The van der Waals surface area contributed by atoms with Gasteiger partial charge in [0.25, 0.3) is 0 Å². The molecule has 13 heteroatoms. The summed E-state index contributed by atoms with van der Waals surface area (Å²) >= 11 is 0. The molecule has 0 bridgehead atoms. The van der Waals surface area contributed by atoms with E-state index in [1.54, 1.807) is 0 Å². The molecule has 0 aliphatic rings. The molecule has 1 N–H and O–H groups in total. The van der Waals surface area contributed by atoms with E-state index < -0.39 is 11.9 Å². The summed E-state index contributed by atoms with van der Waals surface area (Å²) in [6.07, 6.45) is 1.23. The summed E-state index contributed by atoms with van der Waals surface area (Å²) in [5.41, 5.74) is 0. The number of aliphatic carboxylic acids is 1. The maximum absolute atomic E-state index is 11.4. The lowest BCUT2D eigenvalue weighted by atomic mass is 10.2. The van der Waals surface area contributed by atoms with Crippen LogP contribution in [0.25, 0.3) is 0 Å². The molecule has 13 nitrogen and oxygen atoms in total. The maximum Gasteiger partial charge on any atom is 0.331 e. The number of unbranched alkanes of at least 4 members (excludes halogenated alkanes) is 1. The summed E-state index contributed by atoms with van der Waals surface area (Å²) in [5.74, 6) is -1.63. The SMILES string of the molecule is COC(=O)COCCOCCOCCOCCOCCOCCOCCOC(=O)CCCCC(=O)O. The van der Waals surface area contributed by atoms with Gasteiger partial charge in [0.1, 0.15) is 13.2 Å². The highest BCUT2D eigenvalue weighted by molar-refractivity contribution is 5.70. The van der Waals surface area contributed by atoms with E-state index in [1.165, 1.54) is 7.11 Å². The van der Waals surface area contributed by atoms with Crippen molar-refractivity contribution in [1.82, 2.24) is 0 Å². The molecule has 0 rings (SSSR count). The number of hydrogen-bond acceptors (Lipinski definition) is 12. The molecule has 0 aromatic carbocycles. The van der Waals surface area contributed by atoms with Gasteiger partial charge in [0.05, 0.1) is 93.0 Å². The van der Waals surface area contributed by atoms with Crippen LogP contribution in [-0.2, 0) is 57.0 Å². The first-order chi connectivity index (χ1) is 17.6. The van der Waals surface area contributed by atoms with Crippen molar-refractivity contribution in [3.63, 3.8) is 0 Å². The second-order valence-corrected chi connectivity index (χ2v) is 7.12. The molecule has 0 saturated carbocycles. The van der Waals surface area contributed by atoms with Crippen molar-refractivity contribution in [3.8, 4) is 0 Å². The molecule has 0 aliphatic carbocycles. The van der Waals surface area contributed by atoms with Crippen LogP contribution in [0.5, 0.6) is 0 Å². The van der Waals surface area contributed by atoms with Gasteiger partial charge in [-0.2, -0.15) is 0 Å². The van der Waals surface area contributed by atoms with E-state index in [0.717, 1.165) is 0 Å². The first kappa shape index (κ1) is 34.1. The third kappa shape index (κ3) is 28.4. The number of esters is 2. The first-order valence-corrected chi connectivity index (χ1v) is 12.0. The number of methoxy groups -OCH3 is 1. The monoisotopic (exact) mass is 526 g/mol. The minimum atomic E-state index is -0.865. The van der Waals surface area contributed by atoms with Gasteiger partial charge >= 0.3 is 17.9 Å². The highest BCUT2D eigenvalue weighted by Crippen LogP contribution is 2.01. The topological polar surface area (TPSA) is 155 Å². The average molecular weight is 527 g/mol. The third-order valence-corrected chi connectivity index (χ3v) is 4.19. The molecular weight excluding hydrogens is 484 g/mol. The zero-order valence-electron chi connectivity index (χ0n) is 21.3. The molecule has 0 amide bonds. The molecule has 0 heterocycles. The van der Waals surface area contributed by atoms with Crippen LogP contribution >= 0.6 is 0 Å². The lowest BCUT2D eigenvalue weighted by molar-refractivity contribution is -0.146. The molecule has 0 atom stereocenters. The quantitative estimate of drug-likeness (QED) is 0.111. The molecule has 0 aromatic heterocycles. The number of carbonyl (C=O) groups excluding carboxylic acids is 2. The molecule has 36 heavy (non-hydrogen) atoms. The van der Waals surface area contributed by atoms with E-state index in [0.29, 0.717) is 92.1 Å². The van der Waals surface area contributed by atoms with E-state index in [2.05, 4.69) is 4.74 Å². The highest BCUT2D eigenvalue weighted by Gasteiger charge is 2.04. The molecule has 0 fully saturated rings. The van der Waals surface area contributed by atoms with Crippen LogP contribution in [0, 0.1) is 0 Å². The Morgan fingerprint density at radius 2 is 0.861 bits per heavy atom. The van der Waals surface area contributed by atoms with Gasteiger partial charge in [-0.05, 0) is 12.8 Å². The molecule has 0 aliphatic heterocycles. The Morgan fingerprint density at radius 3 is 1.25 bits per heavy atom. The number of hydrogen-bond donors (Lipinski definition) is 1. The molecule has 0 spiro atoms. The van der Waals surface area contributed by atoms with E-state index >= 15 is 0 Å². The first-order valence-electron chi connectivity index (χ1n) is 12.0. The standard InChI is InChI=1S/C23H42O13/c1-28-23(27)20-35-17-16-33-13-12-31-9-8-29-6-7-30-10-11-32-14-15-34-18-19-36-22(26)5-3-2-4-21(24)25/h2-20H2,1H3,(H,24,25). The number of carboxylic acids is 1. The van der Waals surface area contributed by atoms with Crippen molar-refractivity contribution in [2.75, 3.05) is 106 Å². The number of carboxylic acid groups (broad SMARTS) is 1.